The number of rotatable bonds is 1. The second kappa shape index (κ2) is 3.52. The second-order valence-electron chi connectivity index (χ2n) is 3.11. The van der Waals surface area contributed by atoms with Gasteiger partial charge >= 0.3 is 0 Å². The summed E-state index contributed by atoms with van der Waals surface area (Å²) in [5.41, 5.74) is 0. The van der Waals surface area contributed by atoms with Crippen LogP contribution in [0.25, 0.3) is 0 Å². The predicted octanol–water partition coefficient (Wildman–Crippen LogP) is 0.191. The van der Waals surface area contributed by atoms with Crippen LogP contribution in [-0.4, -0.2) is 37.7 Å². The molecule has 11 heavy (non-hydrogen) atoms. The average Bonchev–Trinajstić information content (AvgIpc) is 2.58. The first-order chi connectivity index (χ1) is 5.47. The zero-order valence-electron chi connectivity index (χ0n) is 6.81. The van der Waals surface area contributed by atoms with Gasteiger partial charge in [-0.2, -0.15) is 0 Å². The molecule has 0 amide bonds. The zero-order chi connectivity index (χ0) is 7.52. The summed E-state index contributed by atoms with van der Waals surface area (Å²) >= 11 is 0. The van der Waals surface area contributed by atoms with Gasteiger partial charge in [-0.25, -0.2) is 0 Å². The number of hydrogen-bond acceptors (Lipinski definition) is 3. The van der Waals surface area contributed by atoms with Gasteiger partial charge in [0.2, 0.25) is 0 Å². The Morgan fingerprint density at radius 3 is 2.73 bits per heavy atom. The molecule has 0 aromatic heterocycles. The van der Waals surface area contributed by atoms with E-state index in [1.807, 2.05) is 0 Å². The third-order valence-corrected chi connectivity index (χ3v) is 2.28. The standard InChI is InChI=1S/C8H15N2O/c1-2-5-10(4-1)8-7-9-3-6-11-8/h9H,1-7H2. The monoisotopic (exact) mass is 155 g/mol. The van der Waals surface area contributed by atoms with E-state index in [1.165, 1.54) is 25.9 Å². The van der Waals surface area contributed by atoms with E-state index in [9.17, 15) is 0 Å². The van der Waals surface area contributed by atoms with Crippen molar-refractivity contribution in [2.45, 2.75) is 12.8 Å². The van der Waals surface area contributed by atoms with E-state index in [4.69, 9.17) is 4.74 Å². The normalized spacial score (nSPS) is 29.5. The Bertz CT molecular complexity index is 117. The molecule has 2 saturated heterocycles. The van der Waals surface area contributed by atoms with Gasteiger partial charge in [0.15, 0.2) is 6.23 Å². The van der Waals surface area contributed by atoms with Crippen molar-refractivity contribution in [2.75, 3.05) is 32.8 Å². The minimum Gasteiger partial charge on any atom is -0.353 e. The molecule has 0 aliphatic carbocycles. The molecule has 1 radical (unpaired) electrons. The largest absolute Gasteiger partial charge is 0.353 e. The number of morpholine rings is 1. The van der Waals surface area contributed by atoms with Crippen LogP contribution in [0.1, 0.15) is 12.8 Å². The number of nitrogens with zero attached hydrogens (tertiary/aromatic N) is 1. The Balaban J connectivity index is 1.82. The maximum absolute atomic E-state index is 5.54. The lowest BCUT2D eigenvalue weighted by atomic mass is 10.4. The third kappa shape index (κ3) is 1.72. The second-order valence-corrected chi connectivity index (χ2v) is 3.11. The van der Waals surface area contributed by atoms with Crippen LogP contribution in [0, 0.1) is 6.23 Å². The molecule has 0 bridgehead atoms. The third-order valence-electron chi connectivity index (χ3n) is 2.28. The Kier molecular flexibility index (Phi) is 2.41. The minimum atomic E-state index is 0.839. The molecule has 3 nitrogen and oxygen atoms in total. The lowest BCUT2D eigenvalue weighted by Gasteiger charge is -2.29. The van der Waals surface area contributed by atoms with Crippen LogP contribution in [0.3, 0.4) is 0 Å². The van der Waals surface area contributed by atoms with Gasteiger partial charge < -0.3 is 10.1 Å². The molecule has 0 spiro atoms. The lowest BCUT2D eigenvalue weighted by molar-refractivity contribution is 0.0249. The number of nitrogens with one attached hydrogen (secondary N) is 1. The van der Waals surface area contributed by atoms with Crippen molar-refractivity contribution in [1.29, 1.82) is 0 Å². The average molecular weight is 155 g/mol. The molecule has 0 aromatic carbocycles. The molecule has 0 atom stereocenters. The van der Waals surface area contributed by atoms with Crippen LogP contribution in [0.4, 0.5) is 0 Å². The van der Waals surface area contributed by atoms with Gasteiger partial charge in [0.05, 0.1) is 6.61 Å². The lowest BCUT2D eigenvalue weighted by Crippen LogP contribution is -2.42. The number of likely N-dealkylation sites (tertiary alicyclic amines) is 1. The summed E-state index contributed by atoms with van der Waals surface area (Å²) in [5.74, 6) is 0. The summed E-state index contributed by atoms with van der Waals surface area (Å²) in [6.45, 7) is 5.15. The molecular weight excluding hydrogens is 140 g/mol. The first kappa shape index (κ1) is 7.53. The van der Waals surface area contributed by atoms with E-state index < -0.39 is 0 Å². The van der Waals surface area contributed by atoms with E-state index in [-0.39, 0.29) is 0 Å². The topological polar surface area (TPSA) is 24.5 Å². The van der Waals surface area contributed by atoms with Crippen molar-refractivity contribution in [3.05, 3.63) is 6.23 Å². The molecule has 1 N–H and O–H groups in total. The van der Waals surface area contributed by atoms with Crippen LogP contribution >= 0.6 is 0 Å². The summed E-state index contributed by atoms with van der Waals surface area (Å²) in [6.07, 6.45) is 3.81. The zero-order valence-corrected chi connectivity index (χ0v) is 6.81. The first-order valence-corrected chi connectivity index (χ1v) is 4.41. The van der Waals surface area contributed by atoms with E-state index >= 15 is 0 Å². The van der Waals surface area contributed by atoms with Crippen LogP contribution in [0.2, 0.25) is 0 Å². The maximum Gasteiger partial charge on any atom is 0.178 e. The molecule has 2 aliphatic rings. The summed E-state index contributed by atoms with van der Waals surface area (Å²) < 4.78 is 5.54. The van der Waals surface area contributed by atoms with Crippen molar-refractivity contribution in [2.24, 2.45) is 0 Å². The molecule has 63 valence electrons. The molecule has 2 rings (SSSR count). The van der Waals surface area contributed by atoms with Crippen LogP contribution in [0.15, 0.2) is 0 Å². The van der Waals surface area contributed by atoms with Crippen molar-refractivity contribution in [1.82, 2.24) is 10.2 Å². The minimum absolute atomic E-state index is 0.839. The van der Waals surface area contributed by atoms with Gasteiger partial charge in [0.1, 0.15) is 0 Å². The Labute approximate surface area is 67.7 Å². The SMILES string of the molecule is C1CCN([C]2CNCCO2)C1. The van der Waals surface area contributed by atoms with E-state index in [0.717, 1.165) is 25.9 Å². The number of hydrogen-bond donors (Lipinski definition) is 1. The highest BCUT2D eigenvalue weighted by Crippen LogP contribution is 2.18. The fourth-order valence-corrected chi connectivity index (χ4v) is 1.66. The number of ether oxygens (including phenoxy) is 1. The molecule has 0 saturated carbocycles. The molecule has 2 fully saturated rings. The van der Waals surface area contributed by atoms with Gasteiger partial charge in [-0.3, -0.25) is 4.90 Å². The summed E-state index contributed by atoms with van der Waals surface area (Å²) in [7, 11) is 0. The van der Waals surface area contributed by atoms with E-state index in [0.29, 0.717) is 0 Å². The Hall–Kier alpha value is -0.120. The summed E-state index contributed by atoms with van der Waals surface area (Å²) in [4.78, 5) is 2.35. The molecule has 0 unspecified atom stereocenters. The van der Waals surface area contributed by atoms with E-state index in [1.54, 1.807) is 0 Å². The highest BCUT2D eigenvalue weighted by Gasteiger charge is 2.25. The van der Waals surface area contributed by atoms with Crippen LogP contribution < -0.4 is 5.32 Å². The summed E-state index contributed by atoms with van der Waals surface area (Å²) in [6, 6.07) is 0. The molecular formula is C8H15N2O. The van der Waals surface area contributed by atoms with Crippen molar-refractivity contribution < 1.29 is 4.74 Å². The van der Waals surface area contributed by atoms with Crippen LogP contribution in [-0.2, 0) is 4.74 Å². The van der Waals surface area contributed by atoms with Gasteiger partial charge in [-0.1, -0.05) is 0 Å². The van der Waals surface area contributed by atoms with Gasteiger partial charge in [-0.05, 0) is 12.8 Å². The van der Waals surface area contributed by atoms with Crippen LogP contribution in [0.5, 0.6) is 0 Å². The van der Waals surface area contributed by atoms with Crippen molar-refractivity contribution in [3.63, 3.8) is 0 Å². The van der Waals surface area contributed by atoms with Crippen molar-refractivity contribution in [3.8, 4) is 0 Å². The predicted molar refractivity (Wildman–Crippen MR) is 42.9 cm³/mol. The molecule has 3 heteroatoms. The van der Waals surface area contributed by atoms with Gasteiger partial charge in [0.25, 0.3) is 0 Å². The summed E-state index contributed by atoms with van der Waals surface area (Å²) in [5, 5.41) is 3.31. The fraction of sp³-hybridized carbons (Fsp3) is 0.875. The van der Waals surface area contributed by atoms with Gasteiger partial charge in [-0.15, -0.1) is 0 Å². The highest BCUT2D eigenvalue weighted by molar-refractivity contribution is 4.87. The fourth-order valence-electron chi connectivity index (χ4n) is 1.66. The molecule has 2 heterocycles. The molecule has 2 aliphatic heterocycles. The van der Waals surface area contributed by atoms with E-state index in [2.05, 4.69) is 10.2 Å². The highest BCUT2D eigenvalue weighted by atomic mass is 16.5. The smallest absolute Gasteiger partial charge is 0.178 e. The quantitative estimate of drug-likeness (QED) is 0.585. The Morgan fingerprint density at radius 2 is 2.09 bits per heavy atom. The first-order valence-electron chi connectivity index (χ1n) is 4.41. The molecule has 0 aromatic rings. The van der Waals surface area contributed by atoms with Crippen molar-refractivity contribution >= 4 is 0 Å². The van der Waals surface area contributed by atoms with Gasteiger partial charge in [0, 0.05) is 26.2 Å². The maximum atomic E-state index is 5.54. The Morgan fingerprint density at radius 1 is 1.27 bits per heavy atom.